The van der Waals surface area contributed by atoms with E-state index in [1.807, 2.05) is 0 Å². The quantitative estimate of drug-likeness (QED) is 0.142. The summed E-state index contributed by atoms with van der Waals surface area (Å²) in [6.45, 7) is 4.63. The molecule has 0 N–H and O–H groups in total. The Hall–Kier alpha value is -12.9. The van der Waals surface area contributed by atoms with E-state index in [1.165, 1.54) is 231 Å². The van der Waals surface area contributed by atoms with E-state index in [0.717, 1.165) is 58.7 Å². The van der Waals surface area contributed by atoms with Crippen molar-refractivity contribution in [2.24, 2.45) is 47.3 Å². The standard InChI is InChI=1S/C71H55N.C48H39N/c1-43-24-31-59-61(34-43)68(35-44(2)69(59)49-27-32-58-56-18-6-10-20-62(56)70(67(58)41-49)50-37-45-36-46(39-50)40-51(70)38-45)72(52-28-25-48(26-29-52)47-14-4-3-5-15-47)53-30-33-66-60(42-53)57-19-9-13-23-65(57)71(66)63-21-11-7-16-54(63)55-17-8-12-22-64(55)71;1-2-11-34(12-3-1)40-22-23-47(44-16-7-6-14-41(40)44)49(38-19-18-33-10-4-5-13-35(33)29-38)39-20-21-43-42-15-8-9-17-45(42)48(46(43)30-39)36-25-31-24-32(27-36)28-37(48)26-31/h3-35,41-42,45-46,50-51H,36-40H2,1-2H3;1-23,29-32,36-37H,24-28H2. The Kier molecular flexibility index (Phi) is 15.4. The van der Waals surface area contributed by atoms with E-state index in [4.69, 9.17) is 0 Å². The van der Waals surface area contributed by atoms with Crippen molar-refractivity contribution in [1.29, 1.82) is 0 Å². The smallest absolute Gasteiger partial charge is 0.0725 e. The van der Waals surface area contributed by atoms with Gasteiger partial charge in [-0.3, -0.25) is 0 Å². The first-order valence-corrected chi connectivity index (χ1v) is 45.0. The zero-order valence-electron chi connectivity index (χ0n) is 68.7. The van der Waals surface area contributed by atoms with E-state index in [9.17, 15) is 0 Å². The molecule has 29 rings (SSSR count). The first kappa shape index (κ1) is 70.0. The molecule has 8 saturated carbocycles. The summed E-state index contributed by atoms with van der Waals surface area (Å²) in [4.78, 5) is 5.11. The van der Waals surface area contributed by atoms with Gasteiger partial charge in [0.1, 0.15) is 0 Å². The molecule has 0 saturated heterocycles. The fourth-order valence-electron chi connectivity index (χ4n) is 28.0. The van der Waals surface area contributed by atoms with Gasteiger partial charge >= 0.3 is 0 Å². The minimum Gasteiger partial charge on any atom is -0.310 e. The van der Waals surface area contributed by atoms with Gasteiger partial charge in [0.15, 0.2) is 0 Å². The molecule has 0 radical (unpaired) electrons. The lowest BCUT2D eigenvalue weighted by atomic mass is 9.43. The summed E-state index contributed by atoms with van der Waals surface area (Å²) in [5.41, 5.74) is 40.3. The van der Waals surface area contributed by atoms with Gasteiger partial charge in [-0.15, -0.1) is 0 Å². The molecule has 8 fully saturated rings. The third-order valence-corrected chi connectivity index (χ3v) is 32.0. The summed E-state index contributed by atoms with van der Waals surface area (Å²) in [5.74, 6) is 6.60. The number of nitrogens with zero attached hydrogens (tertiary/aromatic N) is 2. The molecule has 17 aromatic rings. The van der Waals surface area contributed by atoms with Crippen LogP contribution in [0.5, 0.6) is 0 Å². The second kappa shape index (κ2) is 26.6. The van der Waals surface area contributed by atoms with E-state index in [-0.39, 0.29) is 10.8 Å². The molecule has 0 atom stereocenters. The summed E-state index contributed by atoms with van der Waals surface area (Å²) in [6.07, 6.45) is 14.1. The highest BCUT2D eigenvalue weighted by Gasteiger charge is 2.64. The molecular formula is C119H94N2. The largest absolute Gasteiger partial charge is 0.310 e. The average molecular weight is 1550 g/mol. The minimum atomic E-state index is -0.395. The first-order chi connectivity index (χ1) is 59.7. The molecule has 2 heteroatoms. The number of aryl methyl sites for hydroxylation is 2. The Morgan fingerprint density at radius 3 is 1.24 bits per heavy atom. The summed E-state index contributed by atoms with van der Waals surface area (Å²) < 4.78 is 0. The number of fused-ring (bicyclic) bond motifs is 19. The monoisotopic (exact) mass is 1550 g/mol. The normalized spacial score (nSPS) is 22.8. The average Bonchev–Trinajstić information content (AvgIpc) is 1.53. The summed E-state index contributed by atoms with van der Waals surface area (Å²) in [7, 11) is 0. The Labute approximate surface area is 710 Å². The zero-order chi connectivity index (χ0) is 79.6. The number of hydrogen-bond acceptors (Lipinski definition) is 2. The van der Waals surface area contributed by atoms with Crippen molar-refractivity contribution in [3.05, 3.63) is 420 Å². The summed E-state index contributed by atoms with van der Waals surface area (Å²) in [6, 6.07) is 139. The maximum atomic E-state index is 2.69. The van der Waals surface area contributed by atoms with Crippen molar-refractivity contribution in [1.82, 2.24) is 0 Å². The lowest BCUT2D eigenvalue weighted by Gasteiger charge is -2.61. The molecular weight excluding hydrogens is 1460 g/mol. The molecule has 0 aromatic heterocycles. The molecule has 12 aliphatic carbocycles. The lowest BCUT2D eigenvalue weighted by molar-refractivity contribution is -0.0399. The van der Waals surface area contributed by atoms with Gasteiger partial charge in [-0.2, -0.15) is 0 Å². The fraction of sp³-hybridized carbons (Fsp3) is 0.193. The van der Waals surface area contributed by atoms with E-state index in [1.54, 1.807) is 22.3 Å². The maximum absolute atomic E-state index is 2.69. The van der Waals surface area contributed by atoms with Gasteiger partial charge < -0.3 is 9.80 Å². The first-order valence-electron chi connectivity index (χ1n) is 45.0. The Morgan fingerprint density at radius 1 is 0.223 bits per heavy atom. The van der Waals surface area contributed by atoms with Crippen LogP contribution >= 0.6 is 0 Å². The molecule has 2 nitrogen and oxygen atoms in total. The van der Waals surface area contributed by atoms with Crippen LogP contribution in [0.25, 0.3) is 110 Å². The van der Waals surface area contributed by atoms with Gasteiger partial charge in [-0.1, -0.05) is 297 Å². The van der Waals surface area contributed by atoms with Crippen LogP contribution in [-0.4, -0.2) is 0 Å². The van der Waals surface area contributed by atoms with Gasteiger partial charge in [0.05, 0.1) is 16.8 Å². The topological polar surface area (TPSA) is 6.48 Å². The molecule has 17 aromatic carbocycles. The fourth-order valence-corrected chi connectivity index (χ4v) is 28.0. The Balaban J connectivity index is 0.000000140. The van der Waals surface area contributed by atoms with Crippen LogP contribution in [0.1, 0.15) is 120 Å². The van der Waals surface area contributed by atoms with Gasteiger partial charge in [0.2, 0.25) is 0 Å². The van der Waals surface area contributed by atoms with Crippen molar-refractivity contribution in [2.75, 3.05) is 9.80 Å². The zero-order valence-corrected chi connectivity index (χ0v) is 68.7. The Bertz CT molecular complexity index is 7060. The van der Waals surface area contributed by atoms with Gasteiger partial charge in [-0.25, -0.2) is 0 Å². The van der Waals surface area contributed by atoms with E-state index < -0.39 is 5.41 Å². The van der Waals surface area contributed by atoms with Gasteiger partial charge in [0.25, 0.3) is 0 Å². The third kappa shape index (κ3) is 10.00. The number of rotatable bonds is 9. The number of benzene rings is 17. The molecule has 0 unspecified atom stereocenters. The van der Waals surface area contributed by atoms with Crippen LogP contribution in [0.2, 0.25) is 0 Å². The SMILES string of the molecule is Cc1ccc2c(-c3ccc4c(c3)C3(c5ccccc5-4)C4CC5CC(C4)CC3C5)c(C)cc(N(c3ccc(-c4ccccc4)cc3)c3ccc4c(c3)-c3ccccc3C43c4ccccc4-c4ccccc43)c2c1.c1ccc(-c2ccc(N(c3ccc4c(c3)C3(c5ccccc5-4)C4CC5CC(C4)CC3C5)c3ccc4ccccc4c3)c3ccccc23)cc1. The van der Waals surface area contributed by atoms with Crippen LogP contribution in [0, 0.1) is 61.2 Å². The van der Waals surface area contributed by atoms with Crippen LogP contribution in [-0.2, 0) is 16.2 Å². The van der Waals surface area contributed by atoms with E-state index in [2.05, 4.69) is 388 Å². The van der Waals surface area contributed by atoms with Crippen molar-refractivity contribution in [3.8, 4) is 77.9 Å². The van der Waals surface area contributed by atoms with Gasteiger partial charge in [-0.05, 0) is 348 Å². The van der Waals surface area contributed by atoms with E-state index >= 15 is 0 Å². The van der Waals surface area contributed by atoms with Crippen LogP contribution in [0.4, 0.5) is 34.1 Å². The maximum Gasteiger partial charge on any atom is 0.0725 e. The van der Waals surface area contributed by atoms with Crippen molar-refractivity contribution < 1.29 is 0 Å². The second-order valence-corrected chi connectivity index (χ2v) is 37.8. The minimum absolute atomic E-state index is 0.117. The lowest BCUT2D eigenvalue weighted by Crippen LogP contribution is -2.55. The highest BCUT2D eigenvalue weighted by molar-refractivity contribution is 6.10. The highest BCUT2D eigenvalue weighted by Crippen LogP contribution is 2.73. The van der Waals surface area contributed by atoms with Crippen molar-refractivity contribution >= 4 is 66.4 Å². The predicted molar refractivity (Wildman–Crippen MR) is 503 cm³/mol. The molecule has 580 valence electrons. The number of hydrogen-bond donors (Lipinski definition) is 0. The molecule has 0 amide bonds. The molecule has 0 heterocycles. The third-order valence-electron chi connectivity index (χ3n) is 32.0. The summed E-state index contributed by atoms with van der Waals surface area (Å²) >= 11 is 0. The highest BCUT2D eigenvalue weighted by atomic mass is 15.2. The number of anilines is 6. The molecule has 0 aliphatic heterocycles. The van der Waals surface area contributed by atoms with Crippen LogP contribution < -0.4 is 9.80 Å². The second-order valence-electron chi connectivity index (χ2n) is 37.8. The van der Waals surface area contributed by atoms with Crippen LogP contribution in [0.15, 0.2) is 364 Å². The molecule has 12 aliphatic rings. The predicted octanol–water partition coefficient (Wildman–Crippen LogP) is 31.2. The van der Waals surface area contributed by atoms with Crippen molar-refractivity contribution in [3.63, 3.8) is 0 Å². The summed E-state index contributed by atoms with van der Waals surface area (Å²) in [5, 5.41) is 7.66. The molecule has 3 spiro atoms. The van der Waals surface area contributed by atoms with Gasteiger partial charge in [0, 0.05) is 44.4 Å². The van der Waals surface area contributed by atoms with Crippen molar-refractivity contribution in [2.45, 2.75) is 94.3 Å². The van der Waals surface area contributed by atoms with E-state index in [0.29, 0.717) is 0 Å². The molecule has 8 bridgehead atoms. The Morgan fingerprint density at radius 2 is 0.636 bits per heavy atom. The molecule has 121 heavy (non-hydrogen) atoms. The van der Waals surface area contributed by atoms with Crippen LogP contribution in [0.3, 0.4) is 0 Å².